The average molecular weight is 282 g/mol. The van der Waals surface area contributed by atoms with Gasteiger partial charge in [0.05, 0.1) is 16.8 Å². The van der Waals surface area contributed by atoms with Crippen molar-refractivity contribution < 1.29 is 14.4 Å². The number of fused-ring (bicyclic) bond motifs is 1. The molecule has 7 nitrogen and oxygen atoms in total. The van der Waals surface area contributed by atoms with Crippen LogP contribution in [0.25, 0.3) is 0 Å². The molecule has 1 aromatic heterocycles. The third-order valence-corrected chi connectivity index (χ3v) is 3.19. The Morgan fingerprint density at radius 1 is 1.00 bits per heavy atom. The van der Waals surface area contributed by atoms with E-state index in [1.165, 1.54) is 24.4 Å². The maximum atomic E-state index is 12.4. The smallest absolute Gasteiger partial charge is 0.288 e. The Kier molecular flexibility index (Phi) is 2.69. The van der Waals surface area contributed by atoms with Crippen LogP contribution in [0, 0.1) is 0 Å². The van der Waals surface area contributed by atoms with E-state index in [0.717, 1.165) is 0 Å². The largest absolute Gasteiger partial charge is 0.398 e. The number of imide groups is 3. The molecule has 1 aliphatic heterocycles. The van der Waals surface area contributed by atoms with E-state index in [0.29, 0.717) is 4.90 Å². The summed E-state index contributed by atoms with van der Waals surface area (Å²) in [5, 5.41) is 0. The summed E-state index contributed by atoms with van der Waals surface area (Å²) in [6, 6.07) is 7.50. The predicted octanol–water partition coefficient (Wildman–Crippen LogP) is 0.682. The van der Waals surface area contributed by atoms with Gasteiger partial charge >= 0.3 is 0 Å². The molecule has 7 heteroatoms. The van der Waals surface area contributed by atoms with Crippen LogP contribution >= 0.6 is 0 Å². The number of aromatic nitrogens is 1. The zero-order chi connectivity index (χ0) is 15.1. The summed E-state index contributed by atoms with van der Waals surface area (Å²) in [4.78, 5) is 41.2. The molecule has 0 fully saturated rings. The number of hydrogen-bond donors (Lipinski definition) is 2. The van der Waals surface area contributed by atoms with E-state index in [9.17, 15) is 14.4 Å². The van der Waals surface area contributed by atoms with Gasteiger partial charge in [0.1, 0.15) is 0 Å². The first-order valence-corrected chi connectivity index (χ1v) is 6.04. The first kappa shape index (κ1) is 12.8. The van der Waals surface area contributed by atoms with Crippen molar-refractivity contribution in [2.75, 3.05) is 11.5 Å². The lowest BCUT2D eigenvalue weighted by molar-refractivity contribution is 0.0564. The summed E-state index contributed by atoms with van der Waals surface area (Å²) in [5.74, 6) is -2.35. The van der Waals surface area contributed by atoms with E-state index in [4.69, 9.17) is 11.5 Å². The van der Waals surface area contributed by atoms with Crippen LogP contribution < -0.4 is 11.5 Å². The highest BCUT2D eigenvalue weighted by atomic mass is 16.2. The molecule has 0 saturated heterocycles. The third kappa shape index (κ3) is 1.75. The van der Waals surface area contributed by atoms with Crippen LogP contribution in [0.2, 0.25) is 0 Å². The van der Waals surface area contributed by atoms with Crippen LogP contribution in [0.3, 0.4) is 0 Å². The van der Waals surface area contributed by atoms with Crippen molar-refractivity contribution in [3.05, 3.63) is 53.3 Å². The van der Waals surface area contributed by atoms with Crippen molar-refractivity contribution >= 4 is 29.1 Å². The predicted molar refractivity (Wildman–Crippen MR) is 74.3 cm³/mol. The number of nitrogens with zero attached hydrogens (tertiary/aromatic N) is 2. The zero-order valence-corrected chi connectivity index (χ0v) is 10.7. The summed E-state index contributed by atoms with van der Waals surface area (Å²) in [6.07, 6.45) is 1.36. The van der Waals surface area contributed by atoms with Crippen molar-refractivity contribution in [3.8, 4) is 0 Å². The fourth-order valence-electron chi connectivity index (χ4n) is 2.20. The number of carbonyl (C=O) groups is 3. The van der Waals surface area contributed by atoms with Crippen molar-refractivity contribution in [1.82, 2.24) is 9.88 Å². The molecule has 2 aromatic rings. The standard InChI is InChI=1S/C14H10N4O3/c15-8-4-1-3-7-10(8)13(20)18(12(7)19)14(21)11-9(16)5-2-6-17-11/h1-6H,15-16H2. The third-order valence-electron chi connectivity index (χ3n) is 3.19. The summed E-state index contributed by atoms with van der Waals surface area (Å²) in [5.41, 5.74) is 11.6. The van der Waals surface area contributed by atoms with Crippen molar-refractivity contribution in [3.63, 3.8) is 0 Å². The number of anilines is 2. The molecule has 2 heterocycles. The minimum Gasteiger partial charge on any atom is -0.398 e. The molecule has 21 heavy (non-hydrogen) atoms. The van der Waals surface area contributed by atoms with Gasteiger partial charge in [0.15, 0.2) is 5.69 Å². The Balaban J connectivity index is 2.09. The number of pyridine rings is 1. The molecule has 0 aliphatic carbocycles. The Morgan fingerprint density at radius 2 is 1.71 bits per heavy atom. The molecule has 0 unspecified atom stereocenters. The lowest BCUT2D eigenvalue weighted by Crippen LogP contribution is -2.37. The van der Waals surface area contributed by atoms with Gasteiger partial charge in [0, 0.05) is 11.9 Å². The monoisotopic (exact) mass is 282 g/mol. The van der Waals surface area contributed by atoms with Gasteiger partial charge in [-0.2, -0.15) is 0 Å². The van der Waals surface area contributed by atoms with Crippen LogP contribution in [0.1, 0.15) is 31.2 Å². The summed E-state index contributed by atoms with van der Waals surface area (Å²) >= 11 is 0. The second kappa shape index (κ2) is 4.41. The molecular weight excluding hydrogens is 272 g/mol. The molecule has 0 radical (unpaired) electrons. The maximum absolute atomic E-state index is 12.4. The second-order valence-corrected chi connectivity index (χ2v) is 4.46. The number of nitrogens with two attached hydrogens (primary N) is 2. The van der Waals surface area contributed by atoms with Gasteiger partial charge in [-0.05, 0) is 24.3 Å². The van der Waals surface area contributed by atoms with E-state index >= 15 is 0 Å². The van der Waals surface area contributed by atoms with Crippen LogP contribution in [-0.4, -0.2) is 27.6 Å². The topological polar surface area (TPSA) is 119 Å². The molecular formula is C14H10N4O3. The first-order chi connectivity index (χ1) is 10.0. The molecule has 1 aromatic carbocycles. The molecule has 4 N–H and O–H groups in total. The number of hydrogen-bond acceptors (Lipinski definition) is 6. The van der Waals surface area contributed by atoms with E-state index in [1.54, 1.807) is 12.1 Å². The molecule has 3 rings (SSSR count). The molecule has 0 bridgehead atoms. The van der Waals surface area contributed by atoms with Crippen molar-refractivity contribution in [2.24, 2.45) is 0 Å². The first-order valence-electron chi connectivity index (χ1n) is 6.04. The van der Waals surface area contributed by atoms with E-state index in [-0.39, 0.29) is 28.2 Å². The van der Waals surface area contributed by atoms with Gasteiger partial charge in [-0.25, -0.2) is 9.88 Å². The van der Waals surface area contributed by atoms with E-state index in [1.807, 2.05) is 0 Å². The molecule has 0 spiro atoms. The molecule has 1 aliphatic rings. The fraction of sp³-hybridized carbons (Fsp3) is 0. The average Bonchev–Trinajstić information content (AvgIpc) is 2.72. The number of amides is 3. The van der Waals surface area contributed by atoms with Crippen LogP contribution in [0.15, 0.2) is 36.5 Å². The SMILES string of the molecule is Nc1cccnc1C(=O)N1C(=O)c2cccc(N)c2C1=O. The number of carbonyl (C=O) groups excluding carboxylic acids is 3. The highest BCUT2D eigenvalue weighted by Gasteiger charge is 2.42. The minimum absolute atomic E-state index is 0.0327. The van der Waals surface area contributed by atoms with Gasteiger partial charge in [-0.15, -0.1) is 0 Å². The maximum Gasteiger partial charge on any atom is 0.288 e. The van der Waals surface area contributed by atoms with Crippen LogP contribution in [-0.2, 0) is 0 Å². The lowest BCUT2D eigenvalue weighted by Gasteiger charge is -2.12. The summed E-state index contributed by atoms with van der Waals surface area (Å²) < 4.78 is 0. The Bertz CT molecular complexity index is 801. The Labute approximate surface area is 119 Å². The van der Waals surface area contributed by atoms with Gasteiger partial charge in [0.2, 0.25) is 0 Å². The van der Waals surface area contributed by atoms with Gasteiger partial charge in [0.25, 0.3) is 17.7 Å². The molecule has 0 atom stereocenters. The number of benzene rings is 1. The van der Waals surface area contributed by atoms with Crippen molar-refractivity contribution in [1.29, 1.82) is 0 Å². The second-order valence-electron chi connectivity index (χ2n) is 4.46. The zero-order valence-electron chi connectivity index (χ0n) is 10.7. The highest BCUT2D eigenvalue weighted by molar-refractivity contribution is 6.32. The highest BCUT2D eigenvalue weighted by Crippen LogP contribution is 2.29. The number of nitrogen functional groups attached to an aromatic ring is 2. The Morgan fingerprint density at radius 3 is 2.38 bits per heavy atom. The van der Waals surface area contributed by atoms with E-state index < -0.39 is 17.7 Å². The lowest BCUT2D eigenvalue weighted by atomic mass is 10.1. The van der Waals surface area contributed by atoms with Crippen LogP contribution in [0.5, 0.6) is 0 Å². The molecule has 3 amide bonds. The summed E-state index contributed by atoms with van der Waals surface area (Å²) in [7, 11) is 0. The quantitative estimate of drug-likeness (QED) is 0.586. The van der Waals surface area contributed by atoms with Crippen LogP contribution in [0.4, 0.5) is 11.4 Å². The Hall–Kier alpha value is -3.22. The van der Waals surface area contributed by atoms with Gasteiger partial charge < -0.3 is 11.5 Å². The minimum atomic E-state index is -0.862. The van der Waals surface area contributed by atoms with E-state index in [2.05, 4.69) is 4.98 Å². The van der Waals surface area contributed by atoms with Gasteiger partial charge in [-0.1, -0.05) is 6.07 Å². The molecule has 104 valence electrons. The number of rotatable bonds is 1. The normalized spacial score (nSPS) is 13.4. The fourth-order valence-corrected chi connectivity index (χ4v) is 2.20. The van der Waals surface area contributed by atoms with Gasteiger partial charge in [-0.3, -0.25) is 14.4 Å². The summed E-state index contributed by atoms with van der Waals surface area (Å²) in [6.45, 7) is 0. The van der Waals surface area contributed by atoms with Crippen molar-refractivity contribution in [2.45, 2.75) is 0 Å². The molecule has 0 saturated carbocycles.